The molecule has 5 nitrogen and oxygen atoms in total. The lowest BCUT2D eigenvalue weighted by Crippen LogP contribution is -2.18. The Morgan fingerprint density at radius 3 is 2.59 bits per heavy atom. The van der Waals surface area contributed by atoms with Crippen LogP contribution < -0.4 is 10.2 Å². The first kappa shape index (κ1) is 18.0. The molecule has 0 aromatic heterocycles. The summed E-state index contributed by atoms with van der Waals surface area (Å²) in [6.45, 7) is 3.91. The maximum atomic E-state index is 11.3. The quantitative estimate of drug-likeness (QED) is 0.753. The highest BCUT2D eigenvalue weighted by atomic mass is 35.5. The second-order valence-electron chi connectivity index (χ2n) is 7.26. The predicted molar refractivity (Wildman–Crippen MR) is 104 cm³/mol. The number of nitrogens with zero attached hydrogens (tertiary/aromatic N) is 1. The summed E-state index contributed by atoms with van der Waals surface area (Å²) in [5.41, 5.74) is 5.42. The minimum Gasteiger partial charge on any atom is -0.489 e. The zero-order chi connectivity index (χ0) is 19.0. The van der Waals surface area contributed by atoms with Crippen molar-refractivity contribution in [2.24, 2.45) is 4.99 Å². The van der Waals surface area contributed by atoms with Crippen LogP contribution >= 0.6 is 11.6 Å². The SMILES string of the molecule is CC(C)Oc1ccc(C2=NC(c3ccc(C4(C=O)CC4)cc3)ON2)cc1Cl. The molecule has 1 fully saturated rings. The van der Waals surface area contributed by atoms with Crippen LogP contribution in [0.15, 0.2) is 47.5 Å². The molecule has 27 heavy (non-hydrogen) atoms. The van der Waals surface area contributed by atoms with Gasteiger partial charge in [-0.3, -0.25) is 0 Å². The van der Waals surface area contributed by atoms with Crippen LogP contribution in [0.3, 0.4) is 0 Å². The molecule has 6 heteroatoms. The largest absolute Gasteiger partial charge is 0.489 e. The first-order valence-corrected chi connectivity index (χ1v) is 9.41. The van der Waals surface area contributed by atoms with Crippen LogP contribution in [0.25, 0.3) is 0 Å². The third-order valence-corrected chi connectivity index (χ3v) is 5.16. The van der Waals surface area contributed by atoms with Gasteiger partial charge in [0.1, 0.15) is 12.0 Å². The molecule has 1 saturated carbocycles. The summed E-state index contributed by atoms with van der Waals surface area (Å²) in [6, 6.07) is 13.4. The molecular formula is C21H21ClN2O3. The number of aldehydes is 1. The van der Waals surface area contributed by atoms with Crippen LogP contribution in [-0.4, -0.2) is 18.2 Å². The summed E-state index contributed by atoms with van der Waals surface area (Å²) in [6.07, 6.45) is 2.53. The smallest absolute Gasteiger partial charge is 0.202 e. The maximum Gasteiger partial charge on any atom is 0.202 e. The summed E-state index contributed by atoms with van der Waals surface area (Å²) in [4.78, 5) is 21.5. The normalized spacial score (nSPS) is 20.1. The van der Waals surface area contributed by atoms with Gasteiger partial charge in [0, 0.05) is 11.1 Å². The van der Waals surface area contributed by atoms with E-state index in [9.17, 15) is 4.79 Å². The fourth-order valence-electron chi connectivity index (χ4n) is 3.14. The second-order valence-corrected chi connectivity index (χ2v) is 7.66. The monoisotopic (exact) mass is 384 g/mol. The third-order valence-electron chi connectivity index (χ3n) is 4.87. The van der Waals surface area contributed by atoms with Crippen molar-refractivity contribution in [3.63, 3.8) is 0 Å². The molecule has 1 N–H and O–H groups in total. The van der Waals surface area contributed by atoms with Crippen molar-refractivity contribution in [3.8, 4) is 5.75 Å². The van der Waals surface area contributed by atoms with Crippen molar-refractivity contribution < 1.29 is 14.4 Å². The van der Waals surface area contributed by atoms with Crippen molar-refractivity contribution >= 4 is 23.7 Å². The zero-order valence-electron chi connectivity index (χ0n) is 15.2. The summed E-state index contributed by atoms with van der Waals surface area (Å²) in [5.74, 6) is 1.26. The van der Waals surface area contributed by atoms with Crippen molar-refractivity contribution in [1.29, 1.82) is 0 Å². The molecule has 1 unspecified atom stereocenters. The molecule has 1 aliphatic carbocycles. The van der Waals surface area contributed by atoms with Gasteiger partial charge in [0.25, 0.3) is 0 Å². The number of carbonyl (C=O) groups excluding carboxylic acids is 1. The molecule has 0 saturated heterocycles. The minimum atomic E-state index is -0.439. The highest BCUT2D eigenvalue weighted by Gasteiger charge is 2.44. The van der Waals surface area contributed by atoms with Gasteiger partial charge in [-0.1, -0.05) is 35.9 Å². The number of hydrogen-bond acceptors (Lipinski definition) is 5. The average Bonchev–Trinajstić information content (AvgIpc) is 3.32. The Balaban J connectivity index is 1.51. The third kappa shape index (κ3) is 3.57. The highest BCUT2D eigenvalue weighted by Crippen LogP contribution is 2.46. The predicted octanol–water partition coefficient (Wildman–Crippen LogP) is 4.34. The molecule has 4 rings (SSSR count). The number of hydrogen-bond donors (Lipinski definition) is 1. The molecule has 2 aliphatic rings. The highest BCUT2D eigenvalue weighted by molar-refractivity contribution is 6.32. The van der Waals surface area contributed by atoms with E-state index < -0.39 is 6.23 Å². The van der Waals surface area contributed by atoms with Gasteiger partial charge < -0.3 is 9.53 Å². The number of ether oxygens (including phenoxy) is 1. The summed E-state index contributed by atoms with van der Waals surface area (Å²) < 4.78 is 5.66. The van der Waals surface area contributed by atoms with Gasteiger partial charge >= 0.3 is 0 Å². The van der Waals surface area contributed by atoms with Gasteiger partial charge in [-0.05, 0) is 50.5 Å². The van der Waals surface area contributed by atoms with E-state index in [1.54, 1.807) is 6.07 Å². The van der Waals surface area contributed by atoms with Crippen LogP contribution in [0, 0.1) is 0 Å². The van der Waals surface area contributed by atoms with Gasteiger partial charge in [0.2, 0.25) is 6.23 Å². The van der Waals surface area contributed by atoms with E-state index in [2.05, 4.69) is 10.5 Å². The Morgan fingerprint density at radius 2 is 2.00 bits per heavy atom. The standard InChI is InChI=1S/C21H21ClN2O3/c1-13(2)26-18-8-5-15(11-17(18)22)19-23-20(27-24-19)14-3-6-16(7-4-14)21(12-25)9-10-21/h3-8,11-13,20H,9-10H2,1-2H3,(H,23,24). The number of carbonyl (C=O) groups is 1. The van der Waals surface area contributed by atoms with Crippen LogP contribution in [0.5, 0.6) is 5.75 Å². The maximum absolute atomic E-state index is 11.3. The molecule has 1 atom stereocenters. The van der Waals surface area contributed by atoms with E-state index in [4.69, 9.17) is 21.2 Å². The first-order valence-electron chi connectivity index (χ1n) is 9.03. The van der Waals surface area contributed by atoms with Gasteiger partial charge in [-0.2, -0.15) is 0 Å². The number of benzene rings is 2. The van der Waals surface area contributed by atoms with Gasteiger partial charge in [-0.25, -0.2) is 15.3 Å². The lowest BCUT2D eigenvalue weighted by molar-refractivity contribution is -0.109. The Labute approximate surface area is 163 Å². The second kappa shape index (κ2) is 6.98. The van der Waals surface area contributed by atoms with Crippen LogP contribution in [0.1, 0.15) is 49.6 Å². The number of nitrogens with one attached hydrogen (secondary N) is 1. The van der Waals surface area contributed by atoms with Crippen molar-refractivity contribution in [2.75, 3.05) is 0 Å². The fourth-order valence-corrected chi connectivity index (χ4v) is 3.37. The molecule has 0 radical (unpaired) electrons. The van der Waals surface area contributed by atoms with Gasteiger partial charge in [-0.15, -0.1) is 0 Å². The van der Waals surface area contributed by atoms with Crippen molar-refractivity contribution in [3.05, 3.63) is 64.2 Å². The van der Waals surface area contributed by atoms with Crippen molar-refractivity contribution in [1.82, 2.24) is 5.48 Å². The van der Waals surface area contributed by atoms with Crippen LogP contribution in [-0.2, 0) is 15.0 Å². The molecule has 0 bridgehead atoms. The topological polar surface area (TPSA) is 59.9 Å². The first-order chi connectivity index (χ1) is 13.0. The number of aliphatic imine (C=N–C) groups is 1. The minimum absolute atomic E-state index is 0.0555. The molecular weight excluding hydrogens is 364 g/mol. The van der Waals surface area contributed by atoms with E-state index in [1.807, 2.05) is 50.2 Å². The molecule has 0 amide bonds. The molecule has 2 aromatic carbocycles. The average molecular weight is 385 g/mol. The lowest BCUT2D eigenvalue weighted by Gasteiger charge is -2.12. The molecule has 1 aliphatic heterocycles. The Bertz CT molecular complexity index is 889. The Kier molecular flexibility index (Phi) is 4.66. The van der Waals surface area contributed by atoms with E-state index in [-0.39, 0.29) is 11.5 Å². The number of hydroxylamine groups is 1. The van der Waals surface area contributed by atoms with Crippen LogP contribution in [0.4, 0.5) is 0 Å². The number of halogens is 1. The number of amidine groups is 1. The zero-order valence-corrected chi connectivity index (χ0v) is 16.0. The number of rotatable bonds is 6. The fraction of sp³-hybridized carbons (Fsp3) is 0.333. The Hall–Kier alpha value is -2.37. The van der Waals surface area contributed by atoms with E-state index in [0.717, 1.165) is 35.8 Å². The lowest BCUT2D eigenvalue weighted by atomic mass is 9.96. The molecule has 1 heterocycles. The van der Waals surface area contributed by atoms with Gasteiger partial charge in [0.15, 0.2) is 5.84 Å². The van der Waals surface area contributed by atoms with E-state index >= 15 is 0 Å². The summed E-state index contributed by atoms with van der Waals surface area (Å²) in [5, 5.41) is 0.530. The van der Waals surface area contributed by atoms with Crippen LogP contribution in [0.2, 0.25) is 5.02 Å². The van der Waals surface area contributed by atoms with Crippen molar-refractivity contribution in [2.45, 2.75) is 44.4 Å². The Morgan fingerprint density at radius 1 is 1.26 bits per heavy atom. The van der Waals surface area contributed by atoms with E-state index in [1.165, 1.54) is 0 Å². The molecule has 0 spiro atoms. The van der Waals surface area contributed by atoms with E-state index in [0.29, 0.717) is 16.6 Å². The summed E-state index contributed by atoms with van der Waals surface area (Å²) in [7, 11) is 0. The molecule has 2 aromatic rings. The van der Waals surface area contributed by atoms with Gasteiger partial charge in [0.05, 0.1) is 16.5 Å². The molecule has 140 valence electrons. The summed E-state index contributed by atoms with van der Waals surface area (Å²) >= 11 is 6.31.